The number of carbonyl (C=O) groups excluding carboxylic acids is 1. The summed E-state index contributed by atoms with van der Waals surface area (Å²) in [6.07, 6.45) is 1.49. The van der Waals surface area contributed by atoms with Crippen LogP contribution in [0.4, 0.5) is 0 Å². The molecule has 1 N–H and O–H groups in total. The van der Waals surface area contributed by atoms with E-state index in [-0.39, 0.29) is 11.7 Å². The van der Waals surface area contributed by atoms with E-state index < -0.39 is 0 Å². The first-order valence-corrected chi connectivity index (χ1v) is 12.4. The van der Waals surface area contributed by atoms with Crippen LogP contribution in [0.1, 0.15) is 5.56 Å². The molecular weight excluding hydrogens is 521 g/mol. The molecule has 1 heterocycles. The Labute approximate surface area is 222 Å². The number of nitrogens with zero attached hydrogens (tertiary/aromatic N) is 4. The number of rotatable bonds is 9. The van der Waals surface area contributed by atoms with Crippen LogP contribution in [-0.4, -0.2) is 46.9 Å². The van der Waals surface area contributed by atoms with Gasteiger partial charge in [0.25, 0.3) is 5.91 Å². The zero-order chi connectivity index (χ0) is 25.5. The molecule has 3 aromatic carbocycles. The molecule has 36 heavy (non-hydrogen) atoms. The summed E-state index contributed by atoms with van der Waals surface area (Å²) in [5.41, 5.74) is 4.89. The highest BCUT2D eigenvalue weighted by atomic mass is 35.5. The third-order valence-electron chi connectivity index (χ3n) is 4.99. The monoisotopic (exact) mass is 541 g/mol. The van der Waals surface area contributed by atoms with Crippen molar-refractivity contribution in [2.24, 2.45) is 5.10 Å². The summed E-state index contributed by atoms with van der Waals surface area (Å²) in [4.78, 5) is 12.4. The summed E-state index contributed by atoms with van der Waals surface area (Å²) in [7, 11) is 3.23. The standard InChI is InChI=1S/C25H21Cl2N5O3S/c1-34-19-8-4-17(5-9-19)24-30-31-25(32(24)18-6-10-20(35-2)11-7-18)36-15-23(33)29-28-14-16-3-12-21(26)22(27)13-16/h3-14H,15H2,1-2H3,(H,29,33)/b28-14-. The second-order valence-corrected chi connectivity index (χ2v) is 9.08. The third kappa shape index (κ3) is 6.17. The minimum atomic E-state index is -0.299. The Morgan fingerprint density at radius 3 is 2.28 bits per heavy atom. The lowest BCUT2D eigenvalue weighted by Crippen LogP contribution is -2.20. The minimum absolute atomic E-state index is 0.0790. The summed E-state index contributed by atoms with van der Waals surface area (Å²) in [5.74, 6) is 1.87. The number of nitrogens with one attached hydrogen (secondary N) is 1. The van der Waals surface area contributed by atoms with Gasteiger partial charge >= 0.3 is 0 Å². The highest BCUT2D eigenvalue weighted by molar-refractivity contribution is 7.99. The Balaban J connectivity index is 1.52. The van der Waals surface area contributed by atoms with Crippen molar-refractivity contribution in [1.82, 2.24) is 20.2 Å². The fraction of sp³-hybridized carbons (Fsp3) is 0.120. The van der Waals surface area contributed by atoms with E-state index >= 15 is 0 Å². The fourth-order valence-electron chi connectivity index (χ4n) is 3.19. The van der Waals surface area contributed by atoms with Gasteiger partial charge in [-0.3, -0.25) is 9.36 Å². The lowest BCUT2D eigenvalue weighted by atomic mass is 10.2. The van der Waals surface area contributed by atoms with Gasteiger partial charge in [-0.2, -0.15) is 5.10 Å². The third-order valence-corrected chi connectivity index (χ3v) is 6.66. The first kappa shape index (κ1) is 25.6. The van der Waals surface area contributed by atoms with Crippen LogP contribution in [-0.2, 0) is 4.79 Å². The lowest BCUT2D eigenvalue weighted by Gasteiger charge is -2.11. The summed E-state index contributed by atoms with van der Waals surface area (Å²) in [6.45, 7) is 0. The number of methoxy groups -OCH3 is 2. The van der Waals surface area contributed by atoms with E-state index in [1.165, 1.54) is 18.0 Å². The van der Waals surface area contributed by atoms with Gasteiger partial charge in [0, 0.05) is 11.3 Å². The van der Waals surface area contributed by atoms with Gasteiger partial charge in [-0.15, -0.1) is 10.2 Å². The molecule has 0 atom stereocenters. The maximum atomic E-state index is 12.4. The molecule has 1 aromatic heterocycles. The Kier molecular flexibility index (Phi) is 8.48. The molecule has 0 unspecified atom stereocenters. The molecule has 0 bridgehead atoms. The molecule has 11 heteroatoms. The quantitative estimate of drug-likeness (QED) is 0.171. The SMILES string of the molecule is COc1ccc(-c2nnc(SCC(=O)N/N=C\c3ccc(Cl)c(Cl)c3)n2-c2ccc(OC)cc2)cc1. The van der Waals surface area contributed by atoms with Crippen LogP contribution in [0, 0.1) is 0 Å². The van der Waals surface area contributed by atoms with E-state index in [2.05, 4.69) is 20.7 Å². The van der Waals surface area contributed by atoms with Gasteiger partial charge in [-0.25, -0.2) is 5.43 Å². The van der Waals surface area contributed by atoms with Crippen molar-refractivity contribution in [1.29, 1.82) is 0 Å². The number of carbonyl (C=O) groups is 1. The van der Waals surface area contributed by atoms with Crippen LogP contribution in [0.3, 0.4) is 0 Å². The molecule has 0 saturated heterocycles. The van der Waals surface area contributed by atoms with E-state index in [1.807, 2.05) is 53.1 Å². The normalized spacial score (nSPS) is 11.0. The van der Waals surface area contributed by atoms with Gasteiger partial charge in [0.15, 0.2) is 11.0 Å². The maximum absolute atomic E-state index is 12.4. The van der Waals surface area contributed by atoms with Crippen LogP contribution in [0.2, 0.25) is 10.0 Å². The summed E-state index contributed by atoms with van der Waals surface area (Å²) < 4.78 is 12.4. The van der Waals surface area contributed by atoms with Crippen molar-refractivity contribution in [3.8, 4) is 28.6 Å². The number of hydrazone groups is 1. The maximum Gasteiger partial charge on any atom is 0.250 e. The lowest BCUT2D eigenvalue weighted by molar-refractivity contribution is -0.118. The van der Waals surface area contributed by atoms with Gasteiger partial charge in [-0.05, 0) is 66.2 Å². The van der Waals surface area contributed by atoms with Crippen molar-refractivity contribution < 1.29 is 14.3 Å². The molecule has 0 spiro atoms. The van der Waals surface area contributed by atoms with Crippen molar-refractivity contribution in [2.45, 2.75) is 5.16 Å². The van der Waals surface area contributed by atoms with Crippen LogP contribution in [0.25, 0.3) is 17.1 Å². The highest BCUT2D eigenvalue weighted by Crippen LogP contribution is 2.30. The minimum Gasteiger partial charge on any atom is -0.497 e. The van der Waals surface area contributed by atoms with E-state index in [9.17, 15) is 4.79 Å². The number of thioether (sulfide) groups is 1. The van der Waals surface area contributed by atoms with Crippen molar-refractivity contribution in [3.05, 3.63) is 82.3 Å². The molecule has 0 aliphatic heterocycles. The van der Waals surface area contributed by atoms with E-state index in [4.69, 9.17) is 32.7 Å². The predicted molar refractivity (Wildman–Crippen MR) is 143 cm³/mol. The van der Waals surface area contributed by atoms with E-state index in [0.29, 0.717) is 26.6 Å². The molecule has 0 saturated carbocycles. The highest BCUT2D eigenvalue weighted by Gasteiger charge is 2.17. The molecule has 0 aliphatic carbocycles. The van der Waals surface area contributed by atoms with Crippen LogP contribution in [0.5, 0.6) is 11.5 Å². The Morgan fingerprint density at radius 2 is 1.64 bits per heavy atom. The number of benzene rings is 3. The van der Waals surface area contributed by atoms with Crippen LogP contribution < -0.4 is 14.9 Å². The zero-order valence-corrected chi connectivity index (χ0v) is 21.6. The molecule has 0 fully saturated rings. The largest absolute Gasteiger partial charge is 0.497 e. The van der Waals surface area contributed by atoms with Gasteiger partial charge in [0.05, 0.1) is 36.2 Å². The number of amides is 1. The molecule has 4 aromatic rings. The predicted octanol–water partition coefficient (Wildman–Crippen LogP) is 5.50. The van der Waals surface area contributed by atoms with Crippen molar-refractivity contribution >= 4 is 47.1 Å². The molecule has 8 nitrogen and oxygen atoms in total. The first-order chi connectivity index (χ1) is 17.5. The second kappa shape index (κ2) is 11.9. The molecule has 0 aliphatic rings. The second-order valence-electron chi connectivity index (χ2n) is 7.32. The Hall–Kier alpha value is -3.53. The first-order valence-electron chi connectivity index (χ1n) is 10.6. The van der Waals surface area contributed by atoms with Crippen LogP contribution >= 0.6 is 35.0 Å². The van der Waals surface area contributed by atoms with E-state index in [0.717, 1.165) is 22.7 Å². The average molecular weight is 542 g/mol. The Morgan fingerprint density at radius 1 is 0.972 bits per heavy atom. The van der Waals surface area contributed by atoms with Gasteiger partial charge in [0.1, 0.15) is 11.5 Å². The fourth-order valence-corrected chi connectivity index (χ4v) is 4.24. The molecule has 184 valence electrons. The van der Waals surface area contributed by atoms with Gasteiger partial charge in [-0.1, -0.05) is 41.0 Å². The van der Waals surface area contributed by atoms with Crippen molar-refractivity contribution in [3.63, 3.8) is 0 Å². The molecule has 4 rings (SSSR count). The van der Waals surface area contributed by atoms with Crippen LogP contribution in [0.15, 0.2) is 77.0 Å². The number of hydrogen-bond donors (Lipinski definition) is 1. The summed E-state index contributed by atoms with van der Waals surface area (Å²) in [6, 6.07) is 20.1. The Bertz CT molecular complexity index is 1380. The molecular formula is C25H21Cl2N5O3S. The number of halogens is 2. The number of hydrogen-bond acceptors (Lipinski definition) is 7. The number of aromatic nitrogens is 3. The van der Waals surface area contributed by atoms with Crippen molar-refractivity contribution in [2.75, 3.05) is 20.0 Å². The number of ether oxygens (including phenoxy) is 2. The summed E-state index contributed by atoms with van der Waals surface area (Å²) >= 11 is 13.2. The topological polar surface area (TPSA) is 90.6 Å². The average Bonchev–Trinajstić information content (AvgIpc) is 3.33. The van der Waals surface area contributed by atoms with Gasteiger partial charge in [0.2, 0.25) is 0 Å². The van der Waals surface area contributed by atoms with E-state index in [1.54, 1.807) is 32.4 Å². The zero-order valence-electron chi connectivity index (χ0n) is 19.3. The molecule has 0 radical (unpaired) electrons. The smallest absolute Gasteiger partial charge is 0.250 e. The molecule has 1 amide bonds. The summed E-state index contributed by atoms with van der Waals surface area (Å²) in [5, 5.41) is 14.1. The van der Waals surface area contributed by atoms with Gasteiger partial charge < -0.3 is 9.47 Å².